The van der Waals surface area contributed by atoms with Crippen LogP contribution in [0.1, 0.15) is 15.9 Å². The van der Waals surface area contributed by atoms with Crippen LogP contribution >= 0.6 is 11.6 Å². The third kappa shape index (κ3) is 2.60. The van der Waals surface area contributed by atoms with Crippen molar-refractivity contribution < 1.29 is 9.53 Å². The van der Waals surface area contributed by atoms with Gasteiger partial charge in [0, 0.05) is 5.02 Å². The topological polar surface area (TPSA) is 26.3 Å². The van der Waals surface area contributed by atoms with Crippen LogP contribution in [-0.4, -0.2) is 12.6 Å². The van der Waals surface area contributed by atoms with Crippen molar-refractivity contribution in [2.75, 3.05) is 6.61 Å². The molecule has 0 aliphatic carbocycles. The minimum Gasteiger partial charge on any atom is -0.458 e. The van der Waals surface area contributed by atoms with Gasteiger partial charge in [0.1, 0.15) is 6.61 Å². The number of esters is 1. The molecule has 0 saturated carbocycles. The highest BCUT2D eigenvalue weighted by atomic mass is 35.5. The molecule has 3 heteroatoms. The van der Waals surface area contributed by atoms with Crippen molar-refractivity contribution in [3.05, 3.63) is 47.0 Å². The molecule has 0 aliphatic rings. The molecule has 74 valence electrons. The molecule has 0 spiro atoms. The van der Waals surface area contributed by atoms with Gasteiger partial charge in [-0.3, -0.25) is 0 Å². The second kappa shape index (κ2) is 4.82. The molecule has 1 aromatic rings. The van der Waals surface area contributed by atoms with Gasteiger partial charge >= 0.3 is 5.97 Å². The largest absolute Gasteiger partial charge is 0.458 e. The average molecular weight is 211 g/mol. The molecule has 1 aromatic carbocycles. The molecular weight excluding hydrogens is 200 g/mol. The highest BCUT2D eigenvalue weighted by molar-refractivity contribution is 6.31. The summed E-state index contributed by atoms with van der Waals surface area (Å²) in [4.78, 5) is 11.4. The number of hydrogen-bond acceptors (Lipinski definition) is 2. The van der Waals surface area contributed by atoms with Crippen LogP contribution in [0.3, 0.4) is 0 Å². The molecule has 0 heterocycles. The predicted octanol–water partition coefficient (Wildman–Crippen LogP) is 2.99. The lowest BCUT2D eigenvalue weighted by Gasteiger charge is -2.05. The Morgan fingerprint density at radius 2 is 2.36 bits per heavy atom. The van der Waals surface area contributed by atoms with E-state index in [2.05, 4.69) is 6.58 Å². The standard InChI is InChI=1S/C11H11ClO2/c1-3-6-14-11(13)10-7-9(12)5-4-8(10)2/h3-5,7H,1,6H2,2H3. The minimum absolute atomic E-state index is 0.213. The molecule has 0 atom stereocenters. The zero-order valence-electron chi connectivity index (χ0n) is 7.92. The van der Waals surface area contributed by atoms with E-state index in [4.69, 9.17) is 16.3 Å². The number of rotatable bonds is 3. The van der Waals surface area contributed by atoms with E-state index < -0.39 is 0 Å². The number of aryl methyl sites for hydroxylation is 1. The van der Waals surface area contributed by atoms with Gasteiger partial charge < -0.3 is 4.74 Å². The van der Waals surface area contributed by atoms with Gasteiger partial charge in [0.2, 0.25) is 0 Å². The van der Waals surface area contributed by atoms with Gasteiger partial charge in [-0.25, -0.2) is 4.79 Å². The fraction of sp³-hybridized carbons (Fsp3) is 0.182. The first-order valence-corrected chi connectivity index (χ1v) is 4.57. The Morgan fingerprint density at radius 3 is 3.00 bits per heavy atom. The van der Waals surface area contributed by atoms with Crippen LogP contribution in [0.15, 0.2) is 30.9 Å². The van der Waals surface area contributed by atoms with Crippen molar-refractivity contribution in [2.45, 2.75) is 6.92 Å². The summed E-state index contributed by atoms with van der Waals surface area (Å²) < 4.78 is 4.90. The van der Waals surface area contributed by atoms with E-state index in [0.29, 0.717) is 10.6 Å². The summed E-state index contributed by atoms with van der Waals surface area (Å²) in [5, 5.41) is 0.529. The van der Waals surface area contributed by atoms with Gasteiger partial charge in [0.15, 0.2) is 0 Å². The summed E-state index contributed by atoms with van der Waals surface area (Å²) in [7, 11) is 0. The first-order valence-electron chi connectivity index (χ1n) is 4.19. The number of carbonyl (C=O) groups is 1. The molecular formula is C11H11ClO2. The highest BCUT2D eigenvalue weighted by Crippen LogP contribution is 2.16. The highest BCUT2D eigenvalue weighted by Gasteiger charge is 2.09. The normalized spacial score (nSPS) is 9.57. The van der Waals surface area contributed by atoms with E-state index >= 15 is 0 Å². The first-order chi connectivity index (χ1) is 6.65. The van der Waals surface area contributed by atoms with E-state index in [-0.39, 0.29) is 12.6 Å². The lowest BCUT2D eigenvalue weighted by atomic mass is 10.1. The molecule has 0 unspecified atom stereocenters. The second-order valence-corrected chi connectivity index (χ2v) is 3.28. The third-order valence-electron chi connectivity index (χ3n) is 1.75. The Morgan fingerprint density at radius 1 is 1.64 bits per heavy atom. The maximum atomic E-state index is 11.4. The van der Waals surface area contributed by atoms with Gasteiger partial charge in [-0.2, -0.15) is 0 Å². The Kier molecular flexibility index (Phi) is 3.72. The van der Waals surface area contributed by atoms with Gasteiger partial charge in [-0.05, 0) is 24.6 Å². The molecule has 1 rings (SSSR count). The van der Waals surface area contributed by atoms with Gasteiger partial charge in [0.25, 0.3) is 0 Å². The Balaban J connectivity index is 2.88. The van der Waals surface area contributed by atoms with Crippen molar-refractivity contribution in [1.29, 1.82) is 0 Å². The van der Waals surface area contributed by atoms with Crippen molar-refractivity contribution >= 4 is 17.6 Å². The maximum absolute atomic E-state index is 11.4. The Bertz CT molecular complexity index is 358. The van der Waals surface area contributed by atoms with Crippen molar-refractivity contribution in [2.24, 2.45) is 0 Å². The number of carbonyl (C=O) groups excluding carboxylic acids is 1. The SMILES string of the molecule is C=CCOC(=O)c1cc(Cl)ccc1C. The summed E-state index contributed by atoms with van der Waals surface area (Å²) in [6, 6.07) is 5.12. The Labute approximate surface area is 88.1 Å². The van der Waals surface area contributed by atoms with E-state index in [1.54, 1.807) is 18.2 Å². The number of benzene rings is 1. The summed E-state index contributed by atoms with van der Waals surface area (Å²) in [5.41, 5.74) is 1.35. The van der Waals surface area contributed by atoms with E-state index in [1.165, 1.54) is 6.08 Å². The number of ether oxygens (including phenoxy) is 1. The lowest BCUT2D eigenvalue weighted by Crippen LogP contribution is -2.06. The van der Waals surface area contributed by atoms with Crippen LogP contribution < -0.4 is 0 Å². The van der Waals surface area contributed by atoms with Crippen LogP contribution in [0.5, 0.6) is 0 Å². The zero-order chi connectivity index (χ0) is 10.6. The summed E-state index contributed by atoms with van der Waals surface area (Å²) in [6.07, 6.45) is 1.53. The maximum Gasteiger partial charge on any atom is 0.338 e. The van der Waals surface area contributed by atoms with Crippen molar-refractivity contribution in [1.82, 2.24) is 0 Å². The fourth-order valence-corrected chi connectivity index (χ4v) is 1.20. The van der Waals surface area contributed by atoms with E-state index in [0.717, 1.165) is 5.56 Å². The fourth-order valence-electron chi connectivity index (χ4n) is 1.03. The summed E-state index contributed by atoms with van der Waals surface area (Å²) in [5.74, 6) is -0.370. The zero-order valence-corrected chi connectivity index (χ0v) is 8.67. The molecule has 14 heavy (non-hydrogen) atoms. The number of hydrogen-bond donors (Lipinski definition) is 0. The molecule has 2 nitrogen and oxygen atoms in total. The van der Waals surface area contributed by atoms with Crippen LogP contribution in [0.2, 0.25) is 5.02 Å². The van der Waals surface area contributed by atoms with E-state index in [1.807, 2.05) is 6.92 Å². The summed E-state index contributed by atoms with van der Waals surface area (Å²) >= 11 is 5.77. The first kappa shape index (κ1) is 10.8. The van der Waals surface area contributed by atoms with Crippen LogP contribution in [0.25, 0.3) is 0 Å². The van der Waals surface area contributed by atoms with Crippen LogP contribution in [0, 0.1) is 6.92 Å². The second-order valence-electron chi connectivity index (χ2n) is 2.85. The molecule has 0 amide bonds. The van der Waals surface area contributed by atoms with E-state index in [9.17, 15) is 4.79 Å². The van der Waals surface area contributed by atoms with Gasteiger partial charge in [0.05, 0.1) is 5.56 Å². The molecule has 0 fully saturated rings. The molecule has 0 bridgehead atoms. The average Bonchev–Trinajstić information content (AvgIpc) is 2.18. The van der Waals surface area contributed by atoms with Crippen LogP contribution in [-0.2, 0) is 4.74 Å². The van der Waals surface area contributed by atoms with Gasteiger partial charge in [-0.15, -0.1) is 0 Å². The summed E-state index contributed by atoms with van der Waals surface area (Å²) in [6.45, 7) is 5.51. The third-order valence-corrected chi connectivity index (χ3v) is 1.99. The molecule has 0 N–H and O–H groups in total. The lowest BCUT2D eigenvalue weighted by molar-refractivity contribution is 0.0549. The van der Waals surface area contributed by atoms with Gasteiger partial charge in [-0.1, -0.05) is 30.3 Å². The van der Waals surface area contributed by atoms with Crippen LogP contribution in [0.4, 0.5) is 0 Å². The monoisotopic (exact) mass is 210 g/mol. The van der Waals surface area contributed by atoms with Crippen molar-refractivity contribution in [3.63, 3.8) is 0 Å². The molecule has 0 aliphatic heterocycles. The molecule has 0 saturated heterocycles. The molecule has 0 aromatic heterocycles. The van der Waals surface area contributed by atoms with Crippen molar-refractivity contribution in [3.8, 4) is 0 Å². The molecule has 0 radical (unpaired) electrons. The smallest absolute Gasteiger partial charge is 0.338 e. The minimum atomic E-state index is -0.370. The predicted molar refractivity (Wildman–Crippen MR) is 56.7 cm³/mol. The quantitative estimate of drug-likeness (QED) is 0.566. The number of halogens is 1. The Hall–Kier alpha value is -1.28.